The zero-order valence-electron chi connectivity index (χ0n) is 15.7. The second-order valence-corrected chi connectivity index (χ2v) is 7.94. The van der Waals surface area contributed by atoms with Gasteiger partial charge in [0.25, 0.3) is 5.91 Å². The van der Waals surface area contributed by atoms with Crippen molar-refractivity contribution in [1.29, 1.82) is 0 Å². The van der Waals surface area contributed by atoms with Crippen molar-refractivity contribution < 1.29 is 14.1 Å². The van der Waals surface area contributed by atoms with Crippen LogP contribution in [0.1, 0.15) is 27.4 Å². The Morgan fingerprint density at radius 2 is 2.04 bits per heavy atom. The van der Waals surface area contributed by atoms with Crippen molar-refractivity contribution in [2.24, 2.45) is 5.92 Å². The van der Waals surface area contributed by atoms with Crippen LogP contribution in [0.4, 0.5) is 0 Å². The van der Waals surface area contributed by atoms with Crippen molar-refractivity contribution in [2.45, 2.75) is 24.0 Å². The molecule has 3 aromatic rings. The van der Waals surface area contributed by atoms with Gasteiger partial charge in [-0.2, -0.15) is 0 Å². The highest BCUT2D eigenvalue weighted by atomic mass is 32.2. The number of nitrogens with zero attached hydrogens (tertiary/aromatic N) is 1. The van der Waals surface area contributed by atoms with Gasteiger partial charge in [-0.1, -0.05) is 35.5 Å². The van der Waals surface area contributed by atoms with Crippen molar-refractivity contribution in [3.05, 3.63) is 77.2 Å². The number of hydrogen-bond donors (Lipinski definition) is 1. The van der Waals surface area contributed by atoms with E-state index in [0.29, 0.717) is 24.5 Å². The summed E-state index contributed by atoms with van der Waals surface area (Å²) in [4.78, 5) is 13.7. The molecule has 1 aliphatic rings. The maximum atomic E-state index is 12.8. The van der Waals surface area contributed by atoms with Crippen LogP contribution in [0, 0.1) is 12.8 Å². The molecule has 2 heterocycles. The molecule has 4 rings (SSSR count). The van der Waals surface area contributed by atoms with Crippen LogP contribution in [-0.2, 0) is 12.2 Å². The van der Waals surface area contributed by atoms with E-state index in [1.54, 1.807) is 11.8 Å². The zero-order chi connectivity index (χ0) is 19.3. The highest BCUT2D eigenvalue weighted by Gasteiger charge is 2.21. The Morgan fingerprint density at radius 1 is 1.21 bits per heavy atom. The van der Waals surface area contributed by atoms with Crippen LogP contribution < -0.4 is 10.1 Å². The molecule has 2 aromatic carbocycles. The molecule has 144 valence electrons. The average Bonchev–Trinajstić information content (AvgIpc) is 3.15. The molecule has 0 saturated carbocycles. The van der Waals surface area contributed by atoms with Crippen LogP contribution in [-0.4, -0.2) is 24.2 Å². The molecule has 0 bridgehead atoms. The van der Waals surface area contributed by atoms with Gasteiger partial charge in [0.05, 0.1) is 23.6 Å². The van der Waals surface area contributed by atoms with Crippen molar-refractivity contribution in [3.63, 3.8) is 0 Å². The van der Waals surface area contributed by atoms with E-state index in [1.807, 2.05) is 55.5 Å². The first-order chi connectivity index (χ1) is 13.7. The summed E-state index contributed by atoms with van der Waals surface area (Å²) in [7, 11) is 0. The van der Waals surface area contributed by atoms with E-state index in [2.05, 4.69) is 16.5 Å². The lowest BCUT2D eigenvalue weighted by atomic mass is 9.96. The quantitative estimate of drug-likeness (QED) is 0.633. The van der Waals surface area contributed by atoms with Crippen molar-refractivity contribution in [1.82, 2.24) is 10.5 Å². The van der Waals surface area contributed by atoms with E-state index < -0.39 is 0 Å². The van der Waals surface area contributed by atoms with Gasteiger partial charge in [0, 0.05) is 23.4 Å². The lowest BCUT2D eigenvalue weighted by Gasteiger charge is -2.25. The standard InChI is InChI=1S/C22H22N2O3S/c1-15-10-18(27-24-15)14-28-21-9-5-3-7-19(21)22(25)23-12-16-11-17-6-2-4-8-20(17)26-13-16/h2-10,16H,11-14H2,1H3,(H,23,25). The molecule has 0 saturated heterocycles. The molecule has 0 fully saturated rings. The Hall–Kier alpha value is -2.73. The van der Waals surface area contributed by atoms with E-state index in [4.69, 9.17) is 9.26 Å². The summed E-state index contributed by atoms with van der Waals surface area (Å²) in [5.74, 6) is 2.61. The molecular formula is C22H22N2O3S. The minimum Gasteiger partial charge on any atom is -0.493 e. The number of amides is 1. The monoisotopic (exact) mass is 394 g/mol. The van der Waals surface area contributed by atoms with E-state index in [-0.39, 0.29) is 11.8 Å². The van der Waals surface area contributed by atoms with Gasteiger partial charge in [0.15, 0.2) is 0 Å². The number of fused-ring (bicyclic) bond motifs is 1. The maximum Gasteiger partial charge on any atom is 0.252 e. The van der Waals surface area contributed by atoms with Crippen LogP contribution in [0.15, 0.2) is 64.0 Å². The molecule has 5 nitrogen and oxygen atoms in total. The number of carbonyl (C=O) groups excluding carboxylic acids is 1. The number of rotatable bonds is 6. The fourth-order valence-electron chi connectivity index (χ4n) is 3.27. The van der Waals surface area contributed by atoms with Gasteiger partial charge in [-0.3, -0.25) is 4.79 Å². The Balaban J connectivity index is 1.36. The molecule has 1 unspecified atom stereocenters. The summed E-state index contributed by atoms with van der Waals surface area (Å²) in [6, 6.07) is 17.6. The van der Waals surface area contributed by atoms with E-state index in [9.17, 15) is 4.79 Å². The lowest BCUT2D eigenvalue weighted by molar-refractivity contribution is 0.0936. The van der Waals surface area contributed by atoms with Gasteiger partial charge in [-0.05, 0) is 37.1 Å². The normalized spacial score (nSPS) is 15.5. The Kier molecular flexibility index (Phi) is 5.67. The molecule has 1 aliphatic heterocycles. The topological polar surface area (TPSA) is 64.4 Å². The number of aryl methyl sites for hydroxylation is 1. The minimum atomic E-state index is -0.0595. The largest absolute Gasteiger partial charge is 0.493 e. The van der Waals surface area contributed by atoms with Gasteiger partial charge in [-0.15, -0.1) is 11.8 Å². The van der Waals surface area contributed by atoms with Crippen LogP contribution in [0.25, 0.3) is 0 Å². The highest BCUT2D eigenvalue weighted by molar-refractivity contribution is 7.98. The zero-order valence-corrected chi connectivity index (χ0v) is 16.5. The summed E-state index contributed by atoms with van der Waals surface area (Å²) < 4.78 is 11.1. The number of thioether (sulfide) groups is 1. The van der Waals surface area contributed by atoms with E-state index in [0.717, 1.165) is 28.5 Å². The smallest absolute Gasteiger partial charge is 0.252 e. The Labute approximate surface area is 168 Å². The lowest BCUT2D eigenvalue weighted by Crippen LogP contribution is -2.35. The third kappa shape index (κ3) is 4.39. The average molecular weight is 394 g/mol. The molecule has 1 aromatic heterocycles. The Morgan fingerprint density at radius 3 is 2.89 bits per heavy atom. The number of aromatic nitrogens is 1. The summed E-state index contributed by atoms with van der Waals surface area (Å²) >= 11 is 1.57. The fourth-order valence-corrected chi connectivity index (χ4v) is 4.19. The van der Waals surface area contributed by atoms with Crippen molar-refractivity contribution in [3.8, 4) is 5.75 Å². The third-order valence-corrected chi connectivity index (χ3v) is 5.78. The van der Waals surface area contributed by atoms with Gasteiger partial charge in [-0.25, -0.2) is 0 Å². The van der Waals surface area contributed by atoms with Crippen LogP contribution in [0.5, 0.6) is 5.75 Å². The molecule has 28 heavy (non-hydrogen) atoms. The number of benzene rings is 2. The number of hydrogen-bond acceptors (Lipinski definition) is 5. The van der Waals surface area contributed by atoms with Crippen LogP contribution >= 0.6 is 11.8 Å². The number of nitrogens with one attached hydrogen (secondary N) is 1. The third-order valence-electron chi connectivity index (χ3n) is 4.69. The SMILES string of the molecule is Cc1cc(CSc2ccccc2C(=O)NCC2COc3ccccc3C2)on1. The molecule has 1 amide bonds. The van der Waals surface area contributed by atoms with Crippen LogP contribution in [0.3, 0.4) is 0 Å². The van der Waals surface area contributed by atoms with Crippen LogP contribution in [0.2, 0.25) is 0 Å². The molecule has 1 atom stereocenters. The second kappa shape index (κ2) is 8.52. The first-order valence-corrected chi connectivity index (χ1v) is 10.3. The molecule has 0 aliphatic carbocycles. The van der Waals surface area contributed by atoms with E-state index in [1.165, 1.54) is 5.56 Å². The summed E-state index contributed by atoms with van der Waals surface area (Å²) in [6.45, 7) is 3.11. The fraction of sp³-hybridized carbons (Fsp3) is 0.273. The number of carbonyl (C=O) groups is 1. The summed E-state index contributed by atoms with van der Waals surface area (Å²) in [5, 5.41) is 6.98. The maximum absolute atomic E-state index is 12.8. The van der Waals surface area contributed by atoms with Gasteiger partial charge < -0.3 is 14.6 Å². The summed E-state index contributed by atoms with van der Waals surface area (Å²) in [6.07, 6.45) is 0.914. The Bertz CT molecular complexity index is 970. The first kappa shape index (κ1) is 18.6. The second-order valence-electron chi connectivity index (χ2n) is 6.92. The van der Waals surface area contributed by atoms with Crippen molar-refractivity contribution >= 4 is 17.7 Å². The van der Waals surface area contributed by atoms with Gasteiger partial charge >= 0.3 is 0 Å². The van der Waals surface area contributed by atoms with Gasteiger partial charge in [0.2, 0.25) is 0 Å². The van der Waals surface area contributed by atoms with E-state index >= 15 is 0 Å². The van der Waals surface area contributed by atoms with Crippen molar-refractivity contribution in [2.75, 3.05) is 13.2 Å². The minimum absolute atomic E-state index is 0.0595. The predicted molar refractivity (Wildman–Crippen MR) is 109 cm³/mol. The molecule has 6 heteroatoms. The number of para-hydroxylation sites is 1. The highest BCUT2D eigenvalue weighted by Crippen LogP contribution is 2.28. The molecule has 0 spiro atoms. The molecule has 0 radical (unpaired) electrons. The van der Waals surface area contributed by atoms with Gasteiger partial charge in [0.1, 0.15) is 11.5 Å². The molecule has 1 N–H and O–H groups in total. The number of ether oxygens (including phenoxy) is 1. The predicted octanol–water partition coefficient (Wildman–Crippen LogP) is 4.26. The molecular weight excluding hydrogens is 372 g/mol. The summed E-state index contributed by atoms with van der Waals surface area (Å²) in [5.41, 5.74) is 2.74. The first-order valence-electron chi connectivity index (χ1n) is 9.32.